The van der Waals surface area contributed by atoms with Crippen LogP contribution in [0.2, 0.25) is 33.2 Å². The molecule has 0 bridgehead atoms. The Hall–Kier alpha value is -0.606. The lowest BCUT2D eigenvalue weighted by atomic mass is 9.65. The first kappa shape index (κ1) is 75.1. The number of thiazole rings is 2. The van der Waals surface area contributed by atoms with Crippen molar-refractivity contribution in [2.24, 2.45) is 0 Å². The number of hydrogen-bond donors (Lipinski definition) is 0. The van der Waals surface area contributed by atoms with E-state index in [-0.39, 0.29) is 10.8 Å². The van der Waals surface area contributed by atoms with Gasteiger partial charge in [0, 0.05) is 10.8 Å². The fourth-order valence-electron chi connectivity index (χ4n) is 18.2. The summed E-state index contributed by atoms with van der Waals surface area (Å²) in [5.41, 5.74) is 10.8. The first-order chi connectivity index (χ1) is 41.1. The monoisotopic (exact) mass is 1260 g/mol. The van der Waals surface area contributed by atoms with Gasteiger partial charge in [0.05, 0.1) is 40.2 Å². The molecule has 5 rings (SSSR count). The summed E-state index contributed by atoms with van der Waals surface area (Å²) in [6.07, 6.45) is 61.1. The molecule has 0 spiro atoms. The summed E-state index contributed by atoms with van der Waals surface area (Å²) in [4.78, 5) is 19.6. The molecule has 0 amide bonds. The van der Waals surface area contributed by atoms with E-state index < -0.39 is 16.1 Å². The molecule has 0 radical (unpaired) electrons. The lowest BCUT2D eigenvalue weighted by molar-refractivity contribution is 0.361. The van der Waals surface area contributed by atoms with E-state index in [2.05, 4.69) is 145 Å². The Kier molecular flexibility index (Phi) is 34.5. The third-order valence-corrected chi connectivity index (χ3v) is 41.9. The molecule has 3 aromatic rings. The van der Waals surface area contributed by atoms with E-state index in [1.165, 1.54) is 283 Å². The predicted octanol–water partition coefficient (Wildman–Crippen LogP) is 28.2. The zero-order valence-corrected chi connectivity index (χ0v) is 64.1. The van der Waals surface area contributed by atoms with Gasteiger partial charge in [0.15, 0.2) is 0 Å². The predicted molar refractivity (Wildman–Crippen MR) is 395 cm³/mol. The highest BCUT2D eigenvalue weighted by Gasteiger charge is 2.59. The molecule has 0 N–H and O–H groups in total. The van der Waals surface area contributed by atoms with Crippen molar-refractivity contribution in [3.8, 4) is 19.5 Å². The van der Waals surface area contributed by atoms with Crippen molar-refractivity contribution in [1.29, 1.82) is 0 Å². The van der Waals surface area contributed by atoms with Gasteiger partial charge in [0.2, 0.25) is 0 Å². The molecule has 0 fully saturated rings. The van der Waals surface area contributed by atoms with Crippen LogP contribution >= 0.6 is 34.0 Å². The lowest BCUT2D eigenvalue weighted by Crippen LogP contribution is -2.55. The van der Waals surface area contributed by atoms with E-state index in [0.29, 0.717) is 33.2 Å². The van der Waals surface area contributed by atoms with Gasteiger partial charge in [0.25, 0.3) is 0 Å². The summed E-state index contributed by atoms with van der Waals surface area (Å²) < 4.78 is 3.22. The summed E-state index contributed by atoms with van der Waals surface area (Å²) in [5.74, 6) is 0. The van der Waals surface area contributed by atoms with E-state index in [1.54, 1.807) is 40.2 Å². The molecular formula is C78H142N2S3Si2. The zero-order valence-electron chi connectivity index (χ0n) is 59.7. The van der Waals surface area contributed by atoms with Gasteiger partial charge < -0.3 is 0 Å². The number of hydrogen-bond acceptors (Lipinski definition) is 5. The maximum Gasteiger partial charge on any atom is 0.131 e. The second-order valence-corrected chi connectivity index (χ2v) is 45.9. The lowest BCUT2D eigenvalue weighted by Gasteiger charge is -2.42. The Morgan fingerprint density at radius 2 is 0.447 bits per heavy atom. The van der Waals surface area contributed by atoms with Crippen molar-refractivity contribution in [2.75, 3.05) is 0 Å². The van der Waals surface area contributed by atoms with E-state index in [4.69, 9.17) is 9.97 Å². The first-order valence-electron chi connectivity index (χ1n) is 38.3. The number of nitrogens with zero attached hydrogens (tertiary/aromatic N) is 2. The second-order valence-electron chi connectivity index (χ2n) is 30.6. The standard InChI is InChI=1S/C78H142N2S3Si2/c1-17-21-25-29-33-37-41-45-49-53-57-77(58-54-50-46-42-38-34-30-26-22-18-2)67-68-70(81-69(67)71-73(77)79-75(82-71)84(61(5)6,62(7)8)63(9)10)72-74(80-76(83-72)85(64(11)12,65(13)14)66(15)16)78(68,59-55-51-47-43-39-35-31-27-23-19-3)60-56-52-48-44-40-36-32-28-24-20-4/h61-66H,17-60H2,1-16H3. The topological polar surface area (TPSA) is 25.8 Å². The molecule has 0 aromatic carbocycles. The fraction of sp³-hybridized carbons (Fsp3) is 0.872. The molecule has 2 nitrogen and oxygen atoms in total. The molecular weight excluding hydrogens is 1120 g/mol. The van der Waals surface area contributed by atoms with Gasteiger partial charge in [0.1, 0.15) is 16.1 Å². The molecule has 2 aliphatic carbocycles. The van der Waals surface area contributed by atoms with E-state index in [0.717, 1.165) is 0 Å². The smallest absolute Gasteiger partial charge is 0.131 e. The minimum atomic E-state index is -2.02. The van der Waals surface area contributed by atoms with Crippen LogP contribution in [0.25, 0.3) is 19.5 Å². The molecule has 3 aromatic heterocycles. The maximum atomic E-state index is 6.44. The Morgan fingerprint density at radius 1 is 0.259 bits per heavy atom. The summed E-state index contributed by atoms with van der Waals surface area (Å²) >= 11 is 6.83. The molecule has 490 valence electrons. The summed E-state index contributed by atoms with van der Waals surface area (Å²) in [6, 6.07) is 0. The van der Waals surface area contributed by atoms with Crippen molar-refractivity contribution >= 4 is 59.4 Å². The van der Waals surface area contributed by atoms with Crippen LogP contribution in [0.15, 0.2) is 0 Å². The molecule has 0 saturated heterocycles. The Balaban J connectivity index is 1.73. The van der Waals surface area contributed by atoms with Crippen molar-refractivity contribution in [2.45, 2.75) is 437 Å². The summed E-state index contributed by atoms with van der Waals surface area (Å²) in [6.45, 7) is 40.6. The van der Waals surface area contributed by atoms with Gasteiger partial charge in [-0.25, -0.2) is 9.97 Å². The molecule has 0 aliphatic heterocycles. The van der Waals surface area contributed by atoms with Crippen LogP contribution in [0.4, 0.5) is 0 Å². The number of thiophene rings is 1. The minimum absolute atomic E-state index is 0.0149. The highest BCUT2D eigenvalue weighted by Crippen LogP contribution is 2.69. The molecule has 0 atom stereocenters. The largest absolute Gasteiger partial charge is 0.250 e. The quantitative estimate of drug-likeness (QED) is 0.0416. The fourth-order valence-corrected chi connectivity index (χ4v) is 39.7. The molecule has 0 unspecified atom stereocenters. The van der Waals surface area contributed by atoms with Crippen molar-refractivity contribution in [3.63, 3.8) is 0 Å². The van der Waals surface area contributed by atoms with E-state index in [1.807, 2.05) is 11.1 Å². The van der Waals surface area contributed by atoms with Crippen LogP contribution in [0.3, 0.4) is 0 Å². The average Bonchev–Trinajstić information content (AvgIpc) is 1.51. The van der Waals surface area contributed by atoms with Crippen molar-refractivity contribution < 1.29 is 0 Å². The summed E-state index contributed by atoms with van der Waals surface area (Å²) in [5, 5.41) is 0. The van der Waals surface area contributed by atoms with Crippen molar-refractivity contribution in [3.05, 3.63) is 22.5 Å². The number of unbranched alkanes of at least 4 members (excludes halogenated alkanes) is 36. The number of aromatic nitrogens is 2. The van der Waals surface area contributed by atoms with E-state index >= 15 is 0 Å². The van der Waals surface area contributed by atoms with Gasteiger partial charge >= 0.3 is 0 Å². The Labute approximate surface area is 544 Å². The molecule has 3 heterocycles. The summed E-state index contributed by atoms with van der Waals surface area (Å²) in [7, 11) is -4.04. The SMILES string of the molecule is CCCCCCCCCCCCC1(CCCCCCCCCCCC)c2nc([Si](C(C)C)(C(C)C)C(C)C)sc2-c2sc3c(c21)C(CCCCCCCCCCCC)(CCCCCCCCCCCC)c1nc([Si](C(C)C)(C(C)C)C(C)C)sc1-3. The second kappa shape index (κ2) is 39.1. The first-order valence-corrected chi connectivity index (χ1v) is 45.2. The normalized spacial score (nSPS) is 14.7. The minimum Gasteiger partial charge on any atom is -0.250 e. The highest BCUT2D eigenvalue weighted by atomic mass is 32.1. The van der Waals surface area contributed by atoms with Gasteiger partial charge in [-0.2, -0.15) is 0 Å². The molecule has 85 heavy (non-hydrogen) atoms. The van der Waals surface area contributed by atoms with Crippen LogP contribution in [0.1, 0.15) is 416 Å². The third kappa shape index (κ3) is 18.8. The van der Waals surface area contributed by atoms with Crippen molar-refractivity contribution in [1.82, 2.24) is 9.97 Å². The average molecular weight is 1260 g/mol. The molecule has 0 saturated carbocycles. The maximum absolute atomic E-state index is 6.44. The Bertz CT molecular complexity index is 1990. The zero-order chi connectivity index (χ0) is 61.9. The van der Waals surface area contributed by atoms with Crippen LogP contribution in [0, 0.1) is 0 Å². The molecule has 2 aliphatic rings. The van der Waals surface area contributed by atoms with Gasteiger partial charge in [-0.1, -0.05) is 368 Å². The molecule has 7 heteroatoms. The Morgan fingerprint density at radius 3 is 0.635 bits per heavy atom. The third-order valence-electron chi connectivity index (χ3n) is 22.7. The number of fused-ring (bicyclic) bond motifs is 7. The van der Waals surface area contributed by atoms with Crippen LogP contribution < -0.4 is 9.26 Å². The van der Waals surface area contributed by atoms with Crippen LogP contribution in [0.5, 0.6) is 0 Å². The van der Waals surface area contributed by atoms with Gasteiger partial charge in [-0.3, -0.25) is 0 Å². The van der Waals surface area contributed by atoms with Gasteiger partial charge in [-0.15, -0.1) is 34.0 Å². The van der Waals surface area contributed by atoms with Crippen LogP contribution in [-0.2, 0) is 10.8 Å². The van der Waals surface area contributed by atoms with Crippen LogP contribution in [-0.4, -0.2) is 26.1 Å². The van der Waals surface area contributed by atoms with E-state index in [9.17, 15) is 0 Å². The number of rotatable bonds is 52. The van der Waals surface area contributed by atoms with Gasteiger partial charge in [-0.05, 0) is 70.1 Å². The highest BCUT2D eigenvalue weighted by molar-refractivity contribution is 7.34.